The second-order valence-corrected chi connectivity index (χ2v) is 5.92. The third kappa shape index (κ3) is 3.44. The van der Waals surface area contributed by atoms with Crippen molar-refractivity contribution in [2.24, 2.45) is 0 Å². The third-order valence-electron chi connectivity index (χ3n) is 2.35. The van der Waals surface area contributed by atoms with E-state index in [0.29, 0.717) is 0 Å². The van der Waals surface area contributed by atoms with Gasteiger partial charge in [-0.25, -0.2) is 8.42 Å². The molecule has 0 bridgehead atoms. The van der Waals surface area contributed by atoms with E-state index in [4.69, 9.17) is 22.0 Å². The van der Waals surface area contributed by atoms with Crippen LogP contribution in [0.3, 0.4) is 0 Å². The lowest BCUT2D eigenvalue weighted by Crippen LogP contribution is -2.35. The van der Waals surface area contributed by atoms with E-state index >= 15 is 0 Å². The number of halogens is 1. The van der Waals surface area contributed by atoms with Crippen molar-refractivity contribution in [2.45, 2.75) is 11.8 Å². The summed E-state index contributed by atoms with van der Waals surface area (Å²) < 4.78 is 25.3. The molecule has 0 amide bonds. The van der Waals surface area contributed by atoms with Crippen LogP contribution >= 0.6 is 11.6 Å². The first kappa shape index (κ1) is 15.4. The number of carboxylic acid groups (broad SMARTS) is 1. The fraction of sp³-hybridized carbons (Fsp3) is 0.273. The lowest BCUT2D eigenvalue weighted by Gasteiger charge is -2.19. The van der Waals surface area contributed by atoms with E-state index < -0.39 is 22.5 Å². The summed E-state index contributed by atoms with van der Waals surface area (Å²) in [5, 5.41) is 17.8. The molecule has 1 aromatic carbocycles. The van der Waals surface area contributed by atoms with Crippen molar-refractivity contribution in [1.29, 1.82) is 5.26 Å². The number of likely N-dealkylation sites (N-methyl/N-ethyl adjacent to an activating group) is 1. The van der Waals surface area contributed by atoms with E-state index in [9.17, 15) is 13.2 Å². The Morgan fingerprint density at radius 3 is 2.63 bits per heavy atom. The van der Waals surface area contributed by atoms with Crippen LogP contribution in [0.25, 0.3) is 0 Å². The topological polar surface area (TPSA) is 98.5 Å². The summed E-state index contributed by atoms with van der Waals surface area (Å²) in [7, 11) is -4.07. The summed E-state index contributed by atoms with van der Waals surface area (Å²) in [5.74, 6) is -1.27. The summed E-state index contributed by atoms with van der Waals surface area (Å²) >= 11 is 5.72. The Morgan fingerprint density at radius 1 is 1.53 bits per heavy atom. The summed E-state index contributed by atoms with van der Waals surface area (Å²) in [6, 6.07) is 5.57. The van der Waals surface area contributed by atoms with E-state index in [1.165, 1.54) is 19.1 Å². The van der Waals surface area contributed by atoms with E-state index in [2.05, 4.69) is 0 Å². The first-order valence-corrected chi connectivity index (χ1v) is 7.06. The predicted molar refractivity (Wildman–Crippen MR) is 68.2 cm³/mol. The van der Waals surface area contributed by atoms with Crippen LogP contribution in [0.15, 0.2) is 23.1 Å². The van der Waals surface area contributed by atoms with E-state index in [0.717, 1.165) is 10.4 Å². The molecule has 0 aliphatic carbocycles. The summed E-state index contributed by atoms with van der Waals surface area (Å²) in [6.07, 6.45) is 0. The van der Waals surface area contributed by atoms with Crippen molar-refractivity contribution in [3.63, 3.8) is 0 Å². The van der Waals surface area contributed by atoms with Gasteiger partial charge in [-0.05, 0) is 18.2 Å². The van der Waals surface area contributed by atoms with Crippen LogP contribution in [-0.4, -0.2) is 36.9 Å². The van der Waals surface area contributed by atoms with Crippen molar-refractivity contribution in [2.75, 3.05) is 13.1 Å². The number of carboxylic acids is 1. The highest BCUT2D eigenvalue weighted by molar-refractivity contribution is 7.89. The Morgan fingerprint density at radius 2 is 2.16 bits per heavy atom. The maximum Gasteiger partial charge on any atom is 0.318 e. The number of rotatable bonds is 5. The largest absolute Gasteiger partial charge is 0.480 e. The Bertz CT molecular complexity index is 637. The fourth-order valence-corrected chi connectivity index (χ4v) is 3.26. The third-order valence-corrected chi connectivity index (χ3v) is 4.54. The molecular formula is C11H11ClN2O4S. The van der Waals surface area contributed by atoms with Gasteiger partial charge in [0.2, 0.25) is 10.0 Å². The summed E-state index contributed by atoms with van der Waals surface area (Å²) in [6.45, 7) is 0.819. The van der Waals surface area contributed by atoms with Crippen molar-refractivity contribution in [3.8, 4) is 6.07 Å². The molecule has 19 heavy (non-hydrogen) atoms. The first-order chi connectivity index (χ1) is 8.82. The zero-order chi connectivity index (χ0) is 14.6. The van der Waals surface area contributed by atoms with Crippen molar-refractivity contribution >= 4 is 27.6 Å². The second-order valence-electron chi connectivity index (χ2n) is 3.58. The molecule has 0 unspecified atom stereocenters. The highest BCUT2D eigenvalue weighted by atomic mass is 35.5. The van der Waals surface area contributed by atoms with Crippen LogP contribution in [0, 0.1) is 11.3 Å². The van der Waals surface area contributed by atoms with Gasteiger partial charge in [-0.1, -0.05) is 18.5 Å². The van der Waals surface area contributed by atoms with Crippen LogP contribution in [0.5, 0.6) is 0 Å². The van der Waals surface area contributed by atoms with Crippen LogP contribution in [-0.2, 0) is 14.8 Å². The Labute approximate surface area is 115 Å². The molecule has 0 fully saturated rings. The standard InChI is InChI=1S/C11H11ClN2O4S/c1-2-14(7-11(15)16)19(17,18)10-5-9(12)4-3-8(10)6-13/h3-5H,2,7H2,1H3,(H,15,16). The fourth-order valence-electron chi connectivity index (χ4n) is 1.46. The number of benzene rings is 1. The van der Waals surface area contributed by atoms with Gasteiger partial charge >= 0.3 is 5.97 Å². The highest BCUT2D eigenvalue weighted by Crippen LogP contribution is 2.23. The average molecular weight is 303 g/mol. The number of carbonyl (C=O) groups is 1. The van der Waals surface area contributed by atoms with E-state index in [-0.39, 0.29) is 22.0 Å². The molecule has 0 aliphatic rings. The molecule has 0 radical (unpaired) electrons. The molecule has 102 valence electrons. The zero-order valence-electron chi connectivity index (χ0n) is 10.00. The van der Waals surface area contributed by atoms with Gasteiger partial charge in [0.05, 0.1) is 5.56 Å². The van der Waals surface area contributed by atoms with Crippen LogP contribution < -0.4 is 0 Å². The minimum atomic E-state index is -4.07. The van der Waals surface area contributed by atoms with Crippen LogP contribution in [0.2, 0.25) is 5.02 Å². The molecule has 6 nitrogen and oxygen atoms in total. The summed E-state index contributed by atoms with van der Waals surface area (Å²) in [5.41, 5.74) is -0.0757. The molecular weight excluding hydrogens is 292 g/mol. The maximum absolute atomic E-state index is 12.3. The Hall–Kier alpha value is -1.62. The Balaban J connectivity index is 3.37. The highest BCUT2D eigenvalue weighted by Gasteiger charge is 2.27. The van der Waals surface area contributed by atoms with Gasteiger partial charge in [0.25, 0.3) is 0 Å². The number of nitriles is 1. The van der Waals surface area contributed by atoms with Crippen molar-refractivity contribution in [3.05, 3.63) is 28.8 Å². The number of nitrogens with zero attached hydrogens (tertiary/aromatic N) is 2. The van der Waals surface area contributed by atoms with Gasteiger partial charge < -0.3 is 5.11 Å². The molecule has 1 aromatic rings. The average Bonchev–Trinajstić information content (AvgIpc) is 2.35. The van der Waals surface area contributed by atoms with Gasteiger partial charge in [0.1, 0.15) is 17.5 Å². The quantitative estimate of drug-likeness (QED) is 0.884. The molecule has 0 atom stereocenters. The molecule has 8 heteroatoms. The normalized spacial score (nSPS) is 11.3. The lowest BCUT2D eigenvalue weighted by atomic mass is 10.2. The SMILES string of the molecule is CCN(CC(=O)O)S(=O)(=O)c1cc(Cl)ccc1C#N. The molecule has 0 aromatic heterocycles. The molecule has 0 saturated heterocycles. The molecule has 0 spiro atoms. The van der Waals surface area contributed by atoms with E-state index in [1.807, 2.05) is 0 Å². The molecule has 1 N–H and O–H groups in total. The molecule has 1 rings (SSSR count). The van der Waals surface area contributed by atoms with Gasteiger partial charge in [-0.3, -0.25) is 4.79 Å². The smallest absolute Gasteiger partial charge is 0.318 e. The monoisotopic (exact) mass is 302 g/mol. The zero-order valence-corrected chi connectivity index (χ0v) is 11.6. The number of sulfonamides is 1. The van der Waals surface area contributed by atoms with E-state index in [1.54, 1.807) is 6.07 Å². The Kier molecular flexibility index (Phi) is 4.89. The van der Waals surface area contributed by atoms with Gasteiger partial charge in [0.15, 0.2) is 0 Å². The van der Waals surface area contributed by atoms with Gasteiger partial charge in [0, 0.05) is 11.6 Å². The van der Waals surface area contributed by atoms with Crippen molar-refractivity contribution < 1.29 is 18.3 Å². The summed E-state index contributed by atoms with van der Waals surface area (Å²) in [4.78, 5) is 10.4. The number of hydrogen-bond donors (Lipinski definition) is 1. The van der Waals surface area contributed by atoms with Crippen LogP contribution in [0.1, 0.15) is 12.5 Å². The second kappa shape index (κ2) is 6.02. The first-order valence-electron chi connectivity index (χ1n) is 5.24. The lowest BCUT2D eigenvalue weighted by molar-refractivity contribution is -0.137. The maximum atomic E-state index is 12.3. The number of aliphatic carboxylic acids is 1. The predicted octanol–water partition coefficient (Wildman–Crippen LogP) is 1.31. The van der Waals surface area contributed by atoms with Crippen LogP contribution in [0.4, 0.5) is 0 Å². The minimum Gasteiger partial charge on any atom is -0.480 e. The molecule has 0 aliphatic heterocycles. The molecule has 0 saturated carbocycles. The van der Waals surface area contributed by atoms with Crippen molar-refractivity contribution in [1.82, 2.24) is 4.31 Å². The number of hydrogen-bond acceptors (Lipinski definition) is 4. The molecule has 0 heterocycles. The minimum absolute atomic E-state index is 0.0218. The van der Waals surface area contributed by atoms with Gasteiger partial charge in [-0.15, -0.1) is 0 Å². The van der Waals surface area contributed by atoms with Gasteiger partial charge in [-0.2, -0.15) is 9.57 Å².